The van der Waals surface area contributed by atoms with Gasteiger partial charge >= 0.3 is 5.97 Å². The maximum absolute atomic E-state index is 13.6. The molecule has 0 aliphatic rings. The van der Waals surface area contributed by atoms with E-state index in [9.17, 15) is 18.4 Å². The van der Waals surface area contributed by atoms with E-state index in [1.807, 2.05) is 0 Å². The van der Waals surface area contributed by atoms with Gasteiger partial charge in [-0.05, 0) is 53.6 Å². The second kappa shape index (κ2) is 8.81. The Balaban J connectivity index is 1.45. The number of anilines is 1. The van der Waals surface area contributed by atoms with Crippen molar-refractivity contribution in [2.24, 2.45) is 0 Å². The summed E-state index contributed by atoms with van der Waals surface area (Å²) in [4.78, 5) is 27.3. The molecule has 0 fully saturated rings. The predicted octanol–water partition coefficient (Wildman–Crippen LogP) is 5.05. The van der Waals surface area contributed by atoms with Gasteiger partial charge in [0.2, 0.25) is 11.8 Å². The number of carboxylic acid groups (broad SMARTS) is 1. The Kier molecular flexibility index (Phi) is 5.76. The second-order valence-corrected chi connectivity index (χ2v) is 6.96. The molecule has 0 aliphatic carbocycles. The van der Waals surface area contributed by atoms with Gasteiger partial charge in [-0.1, -0.05) is 18.2 Å². The highest BCUT2D eigenvalue weighted by molar-refractivity contribution is 6.02. The molecule has 0 saturated heterocycles. The molecule has 160 valence electrons. The molecule has 2 N–H and O–H groups in total. The number of amides is 1. The van der Waals surface area contributed by atoms with Crippen molar-refractivity contribution in [3.8, 4) is 11.5 Å². The highest BCUT2D eigenvalue weighted by atomic mass is 19.1. The molecule has 1 aromatic heterocycles. The van der Waals surface area contributed by atoms with Crippen LogP contribution in [0.3, 0.4) is 0 Å². The molecule has 32 heavy (non-hydrogen) atoms. The number of oxazole rings is 1. The average Bonchev–Trinajstić information content (AvgIpc) is 3.17. The minimum atomic E-state index is -0.923. The number of hydrogen-bond donors (Lipinski definition) is 2. The van der Waals surface area contributed by atoms with Gasteiger partial charge in [0.05, 0.1) is 12.1 Å². The van der Waals surface area contributed by atoms with Crippen LogP contribution in [0.5, 0.6) is 0 Å². The number of carbonyl (C=O) groups excluding carboxylic acids is 1. The zero-order valence-corrected chi connectivity index (χ0v) is 16.5. The number of aromatic nitrogens is 1. The largest absolute Gasteiger partial charge is 0.481 e. The van der Waals surface area contributed by atoms with Crippen LogP contribution in [0, 0.1) is 11.6 Å². The van der Waals surface area contributed by atoms with Gasteiger partial charge in [0, 0.05) is 17.7 Å². The SMILES string of the molecule is O=C(O)Cc1ccc2oc(-c3ccc(/C=C/C(=O)Nc4ccc(F)cc4F)cc3)nc2c1. The summed E-state index contributed by atoms with van der Waals surface area (Å²) in [6.07, 6.45) is 2.69. The van der Waals surface area contributed by atoms with E-state index >= 15 is 0 Å². The molecule has 1 heterocycles. The number of fused-ring (bicyclic) bond motifs is 1. The van der Waals surface area contributed by atoms with Crippen LogP contribution in [-0.4, -0.2) is 22.0 Å². The third kappa shape index (κ3) is 4.86. The van der Waals surface area contributed by atoms with Crippen molar-refractivity contribution in [3.05, 3.63) is 89.5 Å². The number of carbonyl (C=O) groups is 2. The first-order valence-electron chi connectivity index (χ1n) is 9.53. The molecule has 8 heteroatoms. The van der Waals surface area contributed by atoms with Gasteiger partial charge in [0.25, 0.3) is 0 Å². The van der Waals surface area contributed by atoms with Crippen LogP contribution in [0.1, 0.15) is 11.1 Å². The molecule has 0 unspecified atom stereocenters. The smallest absolute Gasteiger partial charge is 0.307 e. The molecule has 0 bridgehead atoms. The molecule has 1 amide bonds. The number of hydrogen-bond acceptors (Lipinski definition) is 4. The molecule has 0 spiro atoms. The Morgan fingerprint density at radius 2 is 1.81 bits per heavy atom. The van der Waals surface area contributed by atoms with Crippen molar-refractivity contribution in [2.75, 3.05) is 5.32 Å². The summed E-state index contributed by atoms with van der Waals surface area (Å²) in [6.45, 7) is 0. The van der Waals surface area contributed by atoms with Crippen LogP contribution >= 0.6 is 0 Å². The lowest BCUT2D eigenvalue weighted by molar-refractivity contribution is -0.136. The van der Waals surface area contributed by atoms with Crippen molar-refractivity contribution in [1.82, 2.24) is 4.98 Å². The molecule has 0 aliphatic heterocycles. The lowest BCUT2D eigenvalue weighted by Crippen LogP contribution is -2.09. The zero-order chi connectivity index (χ0) is 22.7. The Labute approximate surface area is 180 Å². The first-order chi connectivity index (χ1) is 15.4. The molecular weight excluding hydrogens is 418 g/mol. The van der Waals surface area contributed by atoms with E-state index in [4.69, 9.17) is 9.52 Å². The lowest BCUT2D eigenvalue weighted by atomic mass is 10.1. The van der Waals surface area contributed by atoms with Gasteiger partial charge in [-0.3, -0.25) is 9.59 Å². The average molecular weight is 434 g/mol. The number of carboxylic acids is 1. The third-order valence-corrected chi connectivity index (χ3v) is 4.58. The third-order valence-electron chi connectivity index (χ3n) is 4.58. The second-order valence-electron chi connectivity index (χ2n) is 6.96. The van der Waals surface area contributed by atoms with Crippen molar-refractivity contribution in [1.29, 1.82) is 0 Å². The molecule has 4 aromatic rings. The first kappa shape index (κ1) is 20.9. The molecular formula is C24H16F2N2O4. The van der Waals surface area contributed by atoms with E-state index in [-0.39, 0.29) is 12.1 Å². The van der Waals surface area contributed by atoms with E-state index in [0.29, 0.717) is 39.7 Å². The van der Waals surface area contributed by atoms with E-state index in [1.54, 1.807) is 48.5 Å². The van der Waals surface area contributed by atoms with E-state index in [2.05, 4.69) is 10.3 Å². The number of aliphatic carboxylic acids is 1. The first-order valence-corrected chi connectivity index (χ1v) is 9.53. The van der Waals surface area contributed by atoms with E-state index < -0.39 is 23.5 Å². The number of nitrogens with zero attached hydrogens (tertiary/aromatic N) is 1. The summed E-state index contributed by atoms with van der Waals surface area (Å²) in [7, 11) is 0. The Bertz CT molecular complexity index is 1340. The summed E-state index contributed by atoms with van der Waals surface area (Å²) >= 11 is 0. The predicted molar refractivity (Wildman–Crippen MR) is 115 cm³/mol. The van der Waals surface area contributed by atoms with E-state index in [1.165, 1.54) is 6.08 Å². The lowest BCUT2D eigenvalue weighted by Gasteiger charge is -2.03. The minimum Gasteiger partial charge on any atom is -0.481 e. The van der Waals surface area contributed by atoms with Gasteiger partial charge < -0.3 is 14.8 Å². The van der Waals surface area contributed by atoms with Crippen LogP contribution in [0.4, 0.5) is 14.5 Å². The van der Waals surface area contributed by atoms with Gasteiger partial charge in [-0.25, -0.2) is 13.8 Å². The number of halogens is 2. The van der Waals surface area contributed by atoms with Gasteiger partial charge in [-0.2, -0.15) is 0 Å². The van der Waals surface area contributed by atoms with E-state index in [0.717, 1.165) is 12.1 Å². The summed E-state index contributed by atoms with van der Waals surface area (Å²) < 4.78 is 32.3. The van der Waals surface area contributed by atoms with Gasteiger partial charge in [0.15, 0.2) is 5.58 Å². The Morgan fingerprint density at radius 1 is 1.03 bits per heavy atom. The normalized spacial score (nSPS) is 11.2. The molecule has 6 nitrogen and oxygen atoms in total. The molecule has 3 aromatic carbocycles. The summed E-state index contributed by atoms with van der Waals surface area (Å²) in [5.74, 6) is -2.68. The molecule has 0 radical (unpaired) electrons. The number of rotatable bonds is 6. The monoisotopic (exact) mass is 434 g/mol. The molecule has 0 saturated carbocycles. The van der Waals surface area contributed by atoms with Gasteiger partial charge in [-0.15, -0.1) is 0 Å². The minimum absolute atomic E-state index is 0.0967. The molecule has 4 rings (SSSR count). The van der Waals surface area contributed by atoms with Crippen LogP contribution in [-0.2, 0) is 16.0 Å². The summed E-state index contributed by atoms with van der Waals surface area (Å²) in [6, 6.07) is 15.0. The topological polar surface area (TPSA) is 92.4 Å². The van der Waals surface area contributed by atoms with Crippen molar-refractivity contribution in [2.45, 2.75) is 6.42 Å². The number of benzene rings is 3. The van der Waals surface area contributed by atoms with Crippen molar-refractivity contribution in [3.63, 3.8) is 0 Å². The van der Waals surface area contributed by atoms with Crippen LogP contribution < -0.4 is 5.32 Å². The highest BCUT2D eigenvalue weighted by Gasteiger charge is 2.10. The van der Waals surface area contributed by atoms with Crippen LogP contribution in [0.25, 0.3) is 28.6 Å². The summed E-state index contributed by atoms with van der Waals surface area (Å²) in [5.41, 5.74) is 3.04. The Morgan fingerprint density at radius 3 is 2.53 bits per heavy atom. The molecule has 0 atom stereocenters. The fraction of sp³-hybridized carbons (Fsp3) is 0.0417. The standard InChI is InChI=1S/C24H16F2N2O4/c25-17-7-8-19(18(26)13-17)27-22(29)10-4-14-1-5-16(6-2-14)24-28-20-11-15(12-23(30)31)3-9-21(20)32-24/h1-11,13H,12H2,(H,27,29)(H,30,31)/b10-4+. The fourth-order valence-corrected chi connectivity index (χ4v) is 3.06. The quantitative estimate of drug-likeness (QED) is 0.414. The fourth-order valence-electron chi connectivity index (χ4n) is 3.06. The van der Waals surface area contributed by atoms with Crippen LogP contribution in [0.2, 0.25) is 0 Å². The van der Waals surface area contributed by atoms with Crippen LogP contribution in [0.15, 0.2) is 71.2 Å². The maximum atomic E-state index is 13.6. The maximum Gasteiger partial charge on any atom is 0.307 e. The van der Waals surface area contributed by atoms with Crippen molar-refractivity contribution < 1.29 is 27.9 Å². The Hall–Kier alpha value is -4.33. The number of nitrogens with one attached hydrogen (secondary N) is 1. The van der Waals surface area contributed by atoms with Gasteiger partial charge in [0.1, 0.15) is 17.2 Å². The zero-order valence-electron chi connectivity index (χ0n) is 16.5. The van der Waals surface area contributed by atoms with Crippen molar-refractivity contribution >= 4 is 34.7 Å². The summed E-state index contributed by atoms with van der Waals surface area (Å²) in [5, 5.41) is 11.3. The highest BCUT2D eigenvalue weighted by Crippen LogP contribution is 2.25.